The van der Waals surface area contributed by atoms with E-state index in [-0.39, 0.29) is 23.2 Å². The molecule has 26 heavy (non-hydrogen) atoms. The molecule has 1 saturated carbocycles. The summed E-state index contributed by atoms with van der Waals surface area (Å²) >= 11 is 1.66. The highest BCUT2D eigenvalue weighted by molar-refractivity contribution is 7.15. The quantitative estimate of drug-likeness (QED) is 0.839. The molecule has 3 heterocycles. The van der Waals surface area contributed by atoms with Crippen LogP contribution in [0.15, 0.2) is 18.2 Å². The number of H-pyrrole nitrogens is 1. The number of thiophene rings is 1. The first-order valence-electron chi connectivity index (χ1n) is 8.77. The lowest BCUT2D eigenvalue weighted by Gasteiger charge is -2.54. The van der Waals surface area contributed by atoms with Crippen molar-refractivity contribution in [1.82, 2.24) is 15.1 Å². The van der Waals surface area contributed by atoms with Gasteiger partial charge in [0.1, 0.15) is 0 Å². The van der Waals surface area contributed by atoms with E-state index in [1.165, 1.54) is 12.0 Å². The van der Waals surface area contributed by atoms with Crippen molar-refractivity contribution in [2.24, 2.45) is 16.7 Å². The van der Waals surface area contributed by atoms with Crippen LogP contribution in [0.3, 0.4) is 0 Å². The maximum Gasteiger partial charge on any atom is 0.314 e. The second-order valence-corrected chi connectivity index (χ2v) is 9.42. The second-order valence-electron chi connectivity index (χ2n) is 8.13. The molecule has 2 aliphatic rings. The number of nitrogens with one attached hydrogen (secondary N) is 1. The van der Waals surface area contributed by atoms with Crippen LogP contribution in [0.1, 0.15) is 35.6 Å². The maximum absolute atomic E-state index is 13.0. The van der Waals surface area contributed by atoms with E-state index in [1.807, 2.05) is 19.1 Å². The Labute approximate surface area is 156 Å². The predicted molar refractivity (Wildman–Crippen MR) is 98.9 cm³/mol. The number of hydrogen-bond donors (Lipinski definition) is 1. The molecule has 1 N–H and O–H groups in total. The summed E-state index contributed by atoms with van der Waals surface area (Å²) in [6, 6.07) is 5.86. The zero-order valence-electron chi connectivity index (χ0n) is 15.5. The van der Waals surface area contributed by atoms with Crippen LogP contribution in [-0.2, 0) is 9.53 Å². The summed E-state index contributed by atoms with van der Waals surface area (Å²) in [5.41, 5.74) is 0.716. The van der Waals surface area contributed by atoms with Gasteiger partial charge in [-0.2, -0.15) is 5.10 Å². The largest absolute Gasteiger partial charge is 0.469 e. The number of methoxy groups -OCH3 is 1. The predicted octanol–water partition coefficient (Wildman–Crippen LogP) is 3.11. The molecule has 1 amide bonds. The molecular formula is C19H23N3O3S. The van der Waals surface area contributed by atoms with Crippen LogP contribution >= 0.6 is 11.3 Å². The van der Waals surface area contributed by atoms with Crippen LogP contribution in [0, 0.1) is 23.7 Å². The third kappa shape index (κ3) is 2.40. The monoisotopic (exact) mass is 373 g/mol. The van der Waals surface area contributed by atoms with E-state index in [0.717, 1.165) is 17.0 Å². The fraction of sp³-hybridized carbons (Fsp3) is 0.526. The molecule has 2 fully saturated rings. The Kier molecular flexibility index (Phi) is 3.77. The number of aromatic nitrogens is 2. The molecule has 1 aliphatic heterocycles. The van der Waals surface area contributed by atoms with Crippen molar-refractivity contribution < 1.29 is 14.3 Å². The van der Waals surface area contributed by atoms with Crippen LogP contribution in [0.2, 0.25) is 0 Å². The minimum atomic E-state index is -0.558. The van der Waals surface area contributed by atoms with Crippen LogP contribution in [0.25, 0.3) is 10.6 Å². The number of carbonyl (C=O) groups excluding carboxylic acids is 2. The summed E-state index contributed by atoms with van der Waals surface area (Å²) in [5.74, 6) is -0.201. The highest BCUT2D eigenvalue weighted by Crippen LogP contribution is 2.63. The van der Waals surface area contributed by atoms with E-state index in [0.29, 0.717) is 18.8 Å². The Balaban J connectivity index is 1.56. The molecule has 7 heteroatoms. The lowest BCUT2D eigenvalue weighted by molar-refractivity contribution is -0.174. The molecule has 1 aliphatic carbocycles. The molecular weight excluding hydrogens is 350 g/mol. The summed E-state index contributed by atoms with van der Waals surface area (Å²) in [7, 11) is 1.42. The average molecular weight is 373 g/mol. The van der Waals surface area contributed by atoms with Gasteiger partial charge in [0.15, 0.2) is 5.69 Å². The van der Waals surface area contributed by atoms with E-state index in [2.05, 4.69) is 24.0 Å². The van der Waals surface area contributed by atoms with E-state index < -0.39 is 5.41 Å². The zero-order chi connectivity index (χ0) is 18.7. The van der Waals surface area contributed by atoms with Gasteiger partial charge in [-0.1, -0.05) is 13.8 Å². The number of hydrogen-bond acceptors (Lipinski definition) is 5. The van der Waals surface area contributed by atoms with Gasteiger partial charge in [0.25, 0.3) is 5.91 Å². The first kappa shape index (κ1) is 17.3. The van der Waals surface area contributed by atoms with Gasteiger partial charge in [-0.25, -0.2) is 0 Å². The minimum Gasteiger partial charge on any atom is -0.469 e. The molecule has 0 spiro atoms. The number of likely N-dealkylation sites (tertiary alicyclic amines) is 1. The molecule has 6 nitrogen and oxygen atoms in total. The highest BCUT2D eigenvalue weighted by Gasteiger charge is 2.68. The molecule has 4 rings (SSSR count). The summed E-state index contributed by atoms with van der Waals surface area (Å²) in [5, 5.41) is 7.17. The van der Waals surface area contributed by atoms with Crippen LogP contribution < -0.4 is 0 Å². The SMILES string of the molecule is COC(=O)[C@@]12CN(C(=O)c3cc(-c4ccc(C)s4)[nH]n3)C[C@@H]1C(C)(C)C2. The average Bonchev–Trinajstić information content (AvgIpc) is 3.30. The number of amides is 1. The Morgan fingerprint density at radius 1 is 1.38 bits per heavy atom. The maximum atomic E-state index is 13.0. The van der Waals surface area contributed by atoms with Gasteiger partial charge < -0.3 is 9.64 Å². The number of ether oxygens (including phenoxy) is 1. The van der Waals surface area contributed by atoms with Gasteiger partial charge in [0.2, 0.25) is 0 Å². The molecule has 0 unspecified atom stereocenters. The molecule has 2 aromatic rings. The first-order chi connectivity index (χ1) is 12.3. The van der Waals surface area contributed by atoms with Gasteiger partial charge in [0, 0.05) is 18.0 Å². The lowest BCUT2D eigenvalue weighted by Crippen LogP contribution is -2.57. The van der Waals surface area contributed by atoms with E-state index in [1.54, 1.807) is 22.3 Å². The molecule has 1 saturated heterocycles. The molecule has 2 atom stereocenters. The number of aryl methyl sites for hydroxylation is 1. The highest BCUT2D eigenvalue weighted by atomic mass is 32.1. The summed E-state index contributed by atoms with van der Waals surface area (Å²) < 4.78 is 5.05. The number of esters is 1. The molecule has 138 valence electrons. The number of nitrogens with zero attached hydrogens (tertiary/aromatic N) is 2. The second kappa shape index (κ2) is 5.67. The summed E-state index contributed by atoms with van der Waals surface area (Å²) in [6.07, 6.45) is 0.751. The Morgan fingerprint density at radius 2 is 2.15 bits per heavy atom. The van der Waals surface area contributed by atoms with Gasteiger partial charge in [0.05, 0.1) is 23.1 Å². The first-order valence-corrected chi connectivity index (χ1v) is 9.58. The Morgan fingerprint density at radius 3 is 2.77 bits per heavy atom. The number of aromatic amines is 1. The van der Waals surface area contributed by atoms with Crippen LogP contribution in [-0.4, -0.2) is 47.2 Å². The van der Waals surface area contributed by atoms with Gasteiger partial charge in [-0.3, -0.25) is 14.7 Å². The molecule has 0 aromatic carbocycles. The Hall–Kier alpha value is -2.15. The van der Waals surface area contributed by atoms with E-state index >= 15 is 0 Å². The fourth-order valence-electron chi connectivity index (χ4n) is 4.83. The molecule has 2 aromatic heterocycles. The third-order valence-corrected chi connectivity index (χ3v) is 6.97. The van der Waals surface area contributed by atoms with Crippen molar-refractivity contribution in [1.29, 1.82) is 0 Å². The van der Waals surface area contributed by atoms with Crippen molar-refractivity contribution >= 4 is 23.2 Å². The molecule has 0 radical (unpaired) electrons. The van der Waals surface area contributed by atoms with E-state index in [9.17, 15) is 9.59 Å². The standard InChI is InChI=1S/C19H23N3O3S/c1-11-5-6-14(26-11)12-7-13(21-20-12)16(23)22-8-15-18(2,3)9-19(15,10-22)17(24)25-4/h5-7,15H,8-10H2,1-4H3,(H,20,21)/t15-,19+/m1/s1. The lowest BCUT2D eigenvalue weighted by atomic mass is 9.48. The fourth-order valence-corrected chi connectivity index (χ4v) is 5.66. The normalized spacial score (nSPS) is 26.3. The van der Waals surface area contributed by atoms with Crippen LogP contribution in [0.4, 0.5) is 0 Å². The number of rotatable bonds is 3. The minimum absolute atomic E-state index is 0.0362. The molecule has 0 bridgehead atoms. The van der Waals surface area contributed by atoms with Gasteiger partial charge in [-0.15, -0.1) is 11.3 Å². The van der Waals surface area contributed by atoms with Crippen molar-refractivity contribution in [3.8, 4) is 10.6 Å². The van der Waals surface area contributed by atoms with Crippen molar-refractivity contribution in [3.05, 3.63) is 28.8 Å². The summed E-state index contributed by atoms with van der Waals surface area (Å²) in [6.45, 7) is 7.33. The van der Waals surface area contributed by atoms with Crippen molar-refractivity contribution in [2.45, 2.75) is 27.2 Å². The number of carbonyl (C=O) groups is 2. The number of fused-ring (bicyclic) bond motifs is 1. The van der Waals surface area contributed by atoms with Crippen LogP contribution in [0.5, 0.6) is 0 Å². The van der Waals surface area contributed by atoms with Crippen molar-refractivity contribution in [2.75, 3.05) is 20.2 Å². The van der Waals surface area contributed by atoms with E-state index in [4.69, 9.17) is 4.74 Å². The van der Waals surface area contributed by atoms with Crippen molar-refractivity contribution in [3.63, 3.8) is 0 Å². The van der Waals surface area contributed by atoms with Gasteiger partial charge >= 0.3 is 5.97 Å². The van der Waals surface area contributed by atoms with Gasteiger partial charge in [-0.05, 0) is 42.9 Å². The summed E-state index contributed by atoms with van der Waals surface area (Å²) in [4.78, 5) is 29.4. The third-order valence-electron chi connectivity index (χ3n) is 5.94. The zero-order valence-corrected chi connectivity index (χ0v) is 16.3. The topological polar surface area (TPSA) is 75.3 Å². The Bertz CT molecular complexity index is 884. The smallest absolute Gasteiger partial charge is 0.314 e.